The molecule has 0 spiro atoms. The minimum Gasteiger partial charge on any atom is -0.386 e. The Morgan fingerprint density at radius 2 is 2.12 bits per heavy atom. The molecule has 2 rings (SSSR count). The van der Waals surface area contributed by atoms with Gasteiger partial charge >= 0.3 is 0 Å². The monoisotopic (exact) mass is 355 g/mol. The molecule has 0 saturated carbocycles. The Balaban J connectivity index is 2.47. The Labute approximate surface area is 158 Å². The molecule has 1 aliphatic rings. The SMILES string of the molecule is C=C(N1CCC[C@@H]1C(=O)CC)C(C)(c1ccccc1)C(C)/C=C(/N)NC. The molecule has 1 heterocycles. The number of carbonyl (C=O) groups is 1. The second-order valence-corrected chi connectivity index (χ2v) is 7.35. The first-order valence-electron chi connectivity index (χ1n) is 9.55. The van der Waals surface area contributed by atoms with E-state index in [0.29, 0.717) is 18.0 Å². The number of benzene rings is 1. The van der Waals surface area contributed by atoms with Crippen LogP contribution in [0, 0.1) is 5.92 Å². The number of allylic oxidation sites excluding steroid dienone is 2. The average molecular weight is 356 g/mol. The van der Waals surface area contributed by atoms with E-state index in [4.69, 9.17) is 5.73 Å². The number of likely N-dealkylation sites (tertiary alicyclic amines) is 1. The molecule has 26 heavy (non-hydrogen) atoms. The second-order valence-electron chi connectivity index (χ2n) is 7.35. The zero-order valence-electron chi connectivity index (χ0n) is 16.6. The van der Waals surface area contributed by atoms with E-state index < -0.39 is 0 Å². The minimum absolute atomic E-state index is 0.0478. The summed E-state index contributed by atoms with van der Waals surface area (Å²) >= 11 is 0. The zero-order chi connectivity index (χ0) is 19.3. The zero-order valence-corrected chi connectivity index (χ0v) is 16.6. The lowest BCUT2D eigenvalue weighted by Crippen LogP contribution is -2.44. The summed E-state index contributed by atoms with van der Waals surface area (Å²) in [4.78, 5) is 14.7. The fraction of sp³-hybridized carbons (Fsp3) is 0.500. The van der Waals surface area contributed by atoms with Gasteiger partial charge in [-0.3, -0.25) is 4.79 Å². The quantitative estimate of drug-likeness (QED) is 0.749. The standard InChI is InChI=1S/C22H33N3O/c1-6-20(26)19-13-10-14-25(19)17(3)22(4,16(2)15-21(23)24-5)18-11-8-7-9-12-18/h7-9,11-12,15-16,19,24H,3,6,10,13-14,23H2,1-2,4-5H3/b21-15-/t16?,19-,22?/m1/s1. The predicted molar refractivity (Wildman–Crippen MR) is 108 cm³/mol. The highest BCUT2D eigenvalue weighted by Crippen LogP contribution is 2.43. The van der Waals surface area contributed by atoms with Crippen LogP contribution < -0.4 is 11.1 Å². The molecule has 0 radical (unpaired) electrons. The number of nitrogens with two attached hydrogens (primary N) is 1. The summed E-state index contributed by atoms with van der Waals surface area (Å²) in [5.41, 5.74) is 7.89. The lowest BCUT2D eigenvalue weighted by atomic mass is 9.69. The van der Waals surface area contributed by atoms with Gasteiger partial charge in [-0.05, 0) is 37.3 Å². The number of Topliss-reactive ketones (excluding diaryl/α,β-unsaturated/α-hetero) is 1. The average Bonchev–Trinajstić information content (AvgIpc) is 3.16. The van der Waals surface area contributed by atoms with E-state index >= 15 is 0 Å². The molecule has 1 aromatic carbocycles. The van der Waals surface area contributed by atoms with Crippen LogP contribution in [0.5, 0.6) is 0 Å². The van der Waals surface area contributed by atoms with E-state index in [2.05, 4.69) is 54.9 Å². The lowest BCUT2D eigenvalue weighted by Gasteiger charge is -2.43. The van der Waals surface area contributed by atoms with Crippen LogP contribution in [0.4, 0.5) is 0 Å². The van der Waals surface area contributed by atoms with Gasteiger partial charge in [-0.1, -0.05) is 50.8 Å². The van der Waals surface area contributed by atoms with Gasteiger partial charge in [-0.25, -0.2) is 0 Å². The highest BCUT2D eigenvalue weighted by molar-refractivity contribution is 5.84. The molecular formula is C22H33N3O. The van der Waals surface area contributed by atoms with Crippen molar-refractivity contribution in [2.45, 2.75) is 51.5 Å². The van der Waals surface area contributed by atoms with Crippen LogP contribution in [0.3, 0.4) is 0 Å². The molecule has 1 saturated heterocycles. The van der Waals surface area contributed by atoms with Crippen LogP contribution in [-0.2, 0) is 10.2 Å². The molecule has 0 aliphatic carbocycles. The third kappa shape index (κ3) is 3.79. The van der Waals surface area contributed by atoms with E-state index in [1.807, 2.05) is 26.1 Å². The summed E-state index contributed by atoms with van der Waals surface area (Å²) in [6, 6.07) is 10.4. The fourth-order valence-corrected chi connectivity index (χ4v) is 3.95. The Bertz CT molecular complexity index is 667. The smallest absolute Gasteiger partial charge is 0.154 e. The lowest BCUT2D eigenvalue weighted by molar-refractivity contribution is -0.122. The van der Waals surface area contributed by atoms with Crippen molar-refractivity contribution in [1.82, 2.24) is 10.2 Å². The Hall–Kier alpha value is -2.23. The van der Waals surface area contributed by atoms with Gasteiger partial charge in [0.2, 0.25) is 0 Å². The van der Waals surface area contributed by atoms with Crippen LogP contribution >= 0.6 is 0 Å². The van der Waals surface area contributed by atoms with Crippen molar-refractivity contribution >= 4 is 5.78 Å². The molecule has 3 atom stereocenters. The third-order valence-corrected chi connectivity index (χ3v) is 5.92. The van der Waals surface area contributed by atoms with E-state index in [0.717, 1.165) is 25.1 Å². The minimum atomic E-state index is -0.348. The molecule has 1 aliphatic heterocycles. The first kappa shape index (κ1) is 20.1. The maximum absolute atomic E-state index is 12.5. The molecule has 0 amide bonds. The first-order chi connectivity index (χ1) is 12.4. The Morgan fingerprint density at radius 1 is 1.46 bits per heavy atom. The molecule has 4 heteroatoms. The molecule has 3 N–H and O–H groups in total. The number of nitrogens with one attached hydrogen (secondary N) is 1. The van der Waals surface area contributed by atoms with Gasteiger partial charge in [0.15, 0.2) is 5.78 Å². The van der Waals surface area contributed by atoms with E-state index in [-0.39, 0.29) is 17.4 Å². The number of hydrogen-bond acceptors (Lipinski definition) is 4. The maximum Gasteiger partial charge on any atom is 0.154 e. The van der Waals surface area contributed by atoms with Crippen LogP contribution in [0.2, 0.25) is 0 Å². The van der Waals surface area contributed by atoms with Crippen LogP contribution in [0.15, 0.2) is 54.5 Å². The van der Waals surface area contributed by atoms with Crippen LogP contribution in [-0.4, -0.2) is 30.3 Å². The molecular weight excluding hydrogens is 322 g/mol. The van der Waals surface area contributed by atoms with Gasteiger partial charge in [0.25, 0.3) is 0 Å². The van der Waals surface area contributed by atoms with Crippen molar-refractivity contribution in [1.29, 1.82) is 0 Å². The van der Waals surface area contributed by atoms with Gasteiger partial charge in [0.1, 0.15) is 0 Å². The number of hydrogen-bond donors (Lipinski definition) is 2. The van der Waals surface area contributed by atoms with E-state index in [1.165, 1.54) is 5.56 Å². The number of ketones is 1. The first-order valence-corrected chi connectivity index (χ1v) is 9.55. The largest absolute Gasteiger partial charge is 0.386 e. The van der Waals surface area contributed by atoms with Crippen molar-refractivity contribution in [3.63, 3.8) is 0 Å². The van der Waals surface area contributed by atoms with Gasteiger partial charge in [-0.2, -0.15) is 0 Å². The summed E-state index contributed by atoms with van der Waals surface area (Å²) in [6.07, 6.45) is 4.56. The number of carbonyl (C=O) groups excluding carboxylic acids is 1. The third-order valence-electron chi connectivity index (χ3n) is 5.92. The summed E-state index contributed by atoms with van der Waals surface area (Å²) in [6.45, 7) is 11.7. The molecule has 142 valence electrons. The van der Waals surface area contributed by atoms with Crippen molar-refractivity contribution in [3.05, 3.63) is 60.1 Å². The maximum atomic E-state index is 12.5. The van der Waals surface area contributed by atoms with Gasteiger partial charge < -0.3 is 16.0 Å². The molecule has 1 aromatic rings. The molecule has 2 unspecified atom stereocenters. The molecule has 4 nitrogen and oxygen atoms in total. The van der Waals surface area contributed by atoms with E-state index in [9.17, 15) is 4.79 Å². The summed E-state index contributed by atoms with van der Waals surface area (Å²) in [5, 5.41) is 3.01. The van der Waals surface area contributed by atoms with Crippen LogP contribution in [0.25, 0.3) is 0 Å². The number of nitrogens with zero attached hydrogens (tertiary/aromatic N) is 1. The molecule has 1 fully saturated rings. The topological polar surface area (TPSA) is 58.4 Å². The van der Waals surface area contributed by atoms with Crippen molar-refractivity contribution < 1.29 is 4.79 Å². The molecule has 0 aromatic heterocycles. The highest BCUT2D eigenvalue weighted by Gasteiger charge is 2.42. The normalized spacial score (nSPS) is 21.2. The Kier molecular flexibility index (Phi) is 6.52. The Morgan fingerprint density at radius 3 is 2.69 bits per heavy atom. The van der Waals surface area contributed by atoms with E-state index in [1.54, 1.807) is 0 Å². The van der Waals surface area contributed by atoms with Crippen LogP contribution in [0.1, 0.15) is 45.6 Å². The highest BCUT2D eigenvalue weighted by atomic mass is 16.1. The van der Waals surface area contributed by atoms with Crippen molar-refractivity contribution in [2.75, 3.05) is 13.6 Å². The van der Waals surface area contributed by atoms with Gasteiger partial charge in [0.05, 0.1) is 11.9 Å². The van der Waals surface area contributed by atoms with Gasteiger partial charge in [0, 0.05) is 31.1 Å². The number of rotatable bonds is 8. The van der Waals surface area contributed by atoms with Crippen molar-refractivity contribution in [2.24, 2.45) is 11.7 Å². The fourth-order valence-electron chi connectivity index (χ4n) is 3.95. The summed E-state index contributed by atoms with van der Waals surface area (Å²) in [5.74, 6) is 1.06. The summed E-state index contributed by atoms with van der Waals surface area (Å²) < 4.78 is 0. The summed E-state index contributed by atoms with van der Waals surface area (Å²) in [7, 11) is 1.82. The molecule has 0 bridgehead atoms. The van der Waals surface area contributed by atoms with Crippen molar-refractivity contribution in [3.8, 4) is 0 Å². The second kappa shape index (κ2) is 8.43. The predicted octanol–water partition coefficient (Wildman–Crippen LogP) is 3.56. The van der Waals surface area contributed by atoms with Gasteiger partial charge in [-0.15, -0.1) is 0 Å².